The molecule has 5 N–H and O–H groups in total. The fourth-order valence-corrected chi connectivity index (χ4v) is 8.40. The standard InChI is InChI=1S/C44H67N5O9S/c1-11-13-16-23-57-49(41(54)38(29(5)12-2)46-40(53)35-17-14-15-22-48(35)10)36(28(3)4)25-37(58-30(6)50)44(9)47-34(27-59-44)39(52)45-32(26-43(7,8)42(55)56)24-31-18-20-33(51)21-19-31/h1,18-21,27-29,32,35-38,47,51H,12-17,22-26H2,2-10H3,(H,45,52)(H,46,53)(H,55,56)/t29-,32-,35+,36+,37+,38-,44?/m0/s1. The number of hydrogen-bond acceptors (Lipinski definition) is 11. The minimum atomic E-state index is -1.16. The lowest BCUT2D eigenvalue weighted by Gasteiger charge is -2.41. The average molecular weight is 842 g/mol. The van der Waals surface area contributed by atoms with Crippen molar-refractivity contribution in [3.8, 4) is 18.1 Å². The number of carboxylic acids is 1. The Kier molecular flexibility index (Phi) is 18.6. The summed E-state index contributed by atoms with van der Waals surface area (Å²) in [5.74, 6) is -0.409. The molecule has 7 atom stereocenters. The lowest BCUT2D eigenvalue weighted by Crippen LogP contribution is -2.60. The van der Waals surface area contributed by atoms with E-state index in [4.69, 9.17) is 16.0 Å². The third-order valence-corrected chi connectivity index (χ3v) is 12.6. The van der Waals surface area contributed by atoms with Gasteiger partial charge in [-0.05, 0) is 96.0 Å². The number of piperidine rings is 1. The molecule has 0 radical (unpaired) electrons. The van der Waals surface area contributed by atoms with Gasteiger partial charge in [0.05, 0.1) is 24.1 Å². The number of carbonyl (C=O) groups excluding carboxylic acids is 4. The zero-order valence-corrected chi connectivity index (χ0v) is 37.2. The highest BCUT2D eigenvalue weighted by Crippen LogP contribution is 2.39. The Bertz CT molecular complexity index is 1680. The van der Waals surface area contributed by atoms with Gasteiger partial charge in [-0.1, -0.05) is 64.4 Å². The van der Waals surface area contributed by atoms with Crippen LogP contribution in [0.1, 0.15) is 112 Å². The van der Waals surface area contributed by atoms with Gasteiger partial charge in [-0.15, -0.1) is 12.3 Å². The maximum absolute atomic E-state index is 14.8. The molecule has 0 aromatic heterocycles. The Hall–Kier alpha value is -4.26. The van der Waals surface area contributed by atoms with Gasteiger partial charge >= 0.3 is 11.9 Å². The highest BCUT2D eigenvalue weighted by atomic mass is 32.2. The van der Waals surface area contributed by atoms with Crippen LogP contribution in [0.15, 0.2) is 35.4 Å². The molecule has 15 heteroatoms. The number of likely N-dealkylation sites (tertiary alicyclic amines) is 1. The lowest BCUT2D eigenvalue weighted by atomic mass is 9.84. The lowest BCUT2D eigenvalue weighted by molar-refractivity contribution is -0.213. The molecule has 0 aliphatic carbocycles. The molecule has 0 saturated carbocycles. The fraction of sp³-hybridized carbons (Fsp3) is 0.659. The van der Waals surface area contributed by atoms with Crippen molar-refractivity contribution < 1.29 is 43.8 Å². The summed E-state index contributed by atoms with van der Waals surface area (Å²) in [6.45, 7) is 15.0. The second kappa shape index (κ2) is 22.4. The number of amides is 3. The van der Waals surface area contributed by atoms with Crippen molar-refractivity contribution in [1.82, 2.24) is 25.9 Å². The summed E-state index contributed by atoms with van der Waals surface area (Å²) in [5.41, 5.74) is -0.157. The molecule has 2 aliphatic rings. The molecule has 3 rings (SSSR count). The van der Waals surface area contributed by atoms with Crippen LogP contribution in [0.25, 0.3) is 0 Å². The molecule has 1 fully saturated rings. The van der Waals surface area contributed by atoms with Crippen LogP contribution < -0.4 is 16.0 Å². The first-order chi connectivity index (χ1) is 27.7. The number of nitrogens with one attached hydrogen (secondary N) is 3. The molecule has 0 spiro atoms. The highest BCUT2D eigenvalue weighted by Gasteiger charge is 2.46. The van der Waals surface area contributed by atoms with Crippen LogP contribution in [-0.2, 0) is 40.0 Å². The second-order valence-electron chi connectivity index (χ2n) is 17.1. The number of phenolic OH excluding ortho intramolecular Hbond substituents is 1. The van der Waals surface area contributed by atoms with E-state index in [1.165, 1.54) is 35.9 Å². The molecule has 1 unspecified atom stereocenters. The summed E-state index contributed by atoms with van der Waals surface area (Å²) >= 11 is 1.26. The summed E-state index contributed by atoms with van der Waals surface area (Å²) in [5, 5.41) is 32.0. The first-order valence-corrected chi connectivity index (χ1v) is 21.7. The van der Waals surface area contributed by atoms with Crippen molar-refractivity contribution in [2.24, 2.45) is 17.3 Å². The van der Waals surface area contributed by atoms with Gasteiger partial charge in [0.15, 0.2) is 0 Å². The number of carbonyl (C=O) groups is 5. The number of aromatic hydroxyl groups is 1. The number of terminal acetylenes is 1. The summed E-state index contributed by atoms with van der Waals surface area (Å²) in [4.78, 5) is 74.5. The van der Waals surface area contributed by atoms with E-state index in [1.807, 2.05) is 46.6 Å². The first-order valence-electron chi connectivity index (χ1n) is 20.8. The number of phenols is 1. The van der Waals surface area contributed by atoms with Crippen molar-refractivity contribution in [2.45, 2.75) is 148 Å². The minimum Gasteiger partial charge on any atom is -0.508 e. The van der Waals surface area contributed by atoms with E-state index in [2.05, 4.69) is 21.9 Å². The van der Waals surface area contributed by atoms with E-state index in [0.717, 1.165) is 24.9 Å². The maximum Gasteiger partial charge on any atom is 0.309 e. The molecular weight excluding hydrogens is 775 g/mol. The molecule has 14 nitrogen and oxygen atoms in total. The predicted octanol–water partition coefficient (Wildman–Crippen LogP) is 5.35. The van der Waals surface area contributed by atoms with Crippen LogP contribution in [0.3, 0.4) is 0 Å². The number of aliphatic carboxylic acids is 1. The Morgan fingerprint density at radius 1 is 1.14 bits per heavy atom. The Morgan fingerprint density at radius 2 is 1.81 bits per heavy atom. The van der Waals surface area contributed by atoms with Crippen LogP contribution in [-0.4, -0.2) is 105 Å². The smallest absolute Gasteiger partial charge is 0.309 e. The van der Waals surface area contributed by atoms with E-state index in [-0.39, 0.29) is 54.7 Å². The molecular formula is C44H67N5O9S. The number of nitrogens with zero attached hydrogens (tertiary/aromatic N) is 2. The van der Waals surface area contributed by atoms with Gasteiger partial charge in [0.2, 0.25) is 5.91 Å². The number of likely N-dealkylation sites (N-methyl/N-ethyl adjacent to an activating group) is 1. The van der Waals surface area contributed by atoms with E-state index < -0.39 is 58.3 Å². The number of benzene rings is 1. The van der Waals surface area contributed by atoms with Crippen LogP contribution in [0.5, 0.6) is 5.75 Å². The van der Waals surface area contributed by atoms with Crippen LogP contribution in [0.2, 0.25) is 0 Å². The Balaban J connectivity index is 1.91. The number of thioether (sulfide) groups is 1. The number of hydrogen-bond donors (Lipinski definition) is 5. The number of esters is 1. The van der Waals surface area contributed by atoms with E-state index in [0.29, 0.717) is 32.1 Å². The van der Waals surface area contributed by atoms with Crippen molar-refractivity contribution in [3.05, 3.63) is 40.9 Å². The molecule has 3 amide bonds. The normalized spacial score (nSPS) is 20.8. The van der Waals surface area contributed by atoms with Crippen LogP contribution in [0, 0.1) is 29.6 Å². The molecule has 1 saturated heterocycles. The van der Waals surface area contributed by atoms with E-state index >= 15 is 0 Å². The van der Waals surface area contributed by atoms with E-state index in [1.54, 1.807) is 31.4 Å². The molecule has 1 aromatic carbocycles. The molecule has 1 aromatic rings. The van der Waals surface area contributed by atoms with Crippen molar-refractivity contribution in [3.63, 3.8) is 0 Å². The molecule has 328 valence electrons. The van der Waals surface area contributed by atoms with Gasteiger partial charge < -0.3 is 30.9 Å². The summed E-state index contributed by atoms with van der Waals surface area (Å²) < 4.78 is 6.00. The van der Waals surface area contributed by atoms with Gasteiger partial charge in [0.1, 0.15) is 28.5 Å². The second-order valence-corrected chi connectivity index (χ2v) is 18.4. The third kappa shape index (κ3) is 14.2. The zero-order chi connectivity index (χ0) is 44.1. The SMILES string of the molecule is C#CCCCON(C(=O)[C@@H](NC(=O)[C@H]1CCCCN1C)[C@@H](C)CC)[C@H](C[C@@H](OC(C)=O)C1(C)NC(C(=O)N[C@@H](Cc2ccc(O)cc2)CC(C)(C)C(=O)O)=CS1)C(C)C. The van der Waals surface area contributed by atoms with Gasteiger partial charge in [-0.3, -0.25) is 33.7 Å². The predicted molar refractivity (Wildman–Crippen MR) is 228 cm³/mol. The molecule has 2 heterocycles. The minimum absolute atomic E-state index is 0.0894. The van der Waals surface area contributed by atoms with Crippen molar-refractivity contribution >= 4 is 41.4 Å². The number of ether oxygens (including phenoxy) is 1. The number of unbranched alkanes of at least 4 members (excludes halogenated alkanes) is 1. The molecule has 0 bridgehead atoms. The van der Waals surface area contributed by atoms with E-state index in [9.17, 15) is 34.2 Å². The monoisotopic (exact) mass is 841 g/mol. The fourth-order valence-electron chi connectivity index (χ4n) is 7.41. The topological polar surface area (TPSA) is 187 Å². The number of carboxylic acid groups (broad SMARTS) is 1. The number of rotatable bonds is 22. The van der Waals surface area contributed by atoms with Gasteiger partial charge in [-0.25, -0.2) is 5.06 Å². The van der Waals surface area contributed by atoms with Gasteiger partial charge in [0, 0.05) is 31.2 Å². The average Bonchev–Trinajstić information content (AvgIpc) is 3.59. The summed E-state index contributed by atoms with van der Waals surface area (Å²) in [6, 6.07) is 4.03. The van der Waals surface area contributed by atoms with Crippen LogP contribution >= 0.6 is 11.8 Å². The largest absolute Gasteiger partial charge is 0.508 e. The Morgan fingerprint density at radius 3 is 2.39 bits per heavy atom. The number of hydroxylamine groups is 2. The van der Waals surface area contributed by atoms with Gasteiger partial charge in [-0.2, -0.15) is 0 Å². The molecule has 2 aliphatic heterocycles. The highest BCUT2D eigenvalue weighted by molar-refractivity contribution is 8.03. The molecule has 59 heavy (non-hydrogen) atoms. The van der Waals surface area contributed by atoms with Crippen LogP contribution in [0.4, 0.5) is 0 Å². The first kappa shape index (κ1) is 49.1. The zero-order valence-electron chi connectivity index (χ0n) is 36.3. The summed E-state index contributed by atoms with van der Waals surface area (Å²) in [6.07, 6.45) is 9.35. The van der Waals surface area contributed by atoms with Crippen molar-refractivity contribution in [2.75, 3.05) is 20.2 Å². The summed E-state index contributed by atoms with van der Waals surface area (Å²) in [7, 11) is 1.92. The third-order valence-electron chi connectivity index (χ3n) is 11.4. The quantitative estimate of drug-likeness (QED) is 0.0437. The van der Waals surface area contributed by atoms with Crippen molar-refractivity contribution in [1.29, 1.82) is 0 Å². The Labute approximate surface area is 354 Å². The maximum atomic E-state index is 14.8. The van der Waals surface area contributed by atoms with Gasteiger partial charge in [0.25, 0.3) is 11.8 Å².